The first-order valence-corrected chi connectivity index (χ1v) is 8.07. The molecule has 0 fully saturated rings. The van der Waals surface area contributed by atoms with Gasteiger partial charge in [0.1, 0.15) is 11.4 Å². The number of rotatable bonds is 6. The van der Waals surface area contributed by atoms with E-state index in [0.717, 1.165) is 0 Å². The lowest BCUT2D eigenvalue weighted by molar-refractivity contribution is 0.0951. The van der Waals surface area contributed by atoms with Gasteiger partial charge in [0.05, 0.1) is 13.7 Å². The fraction of sp³-hybridized carbons (Fsp3) is 0.222. The minimum atomic E-state index is -0.260. The summed E-state index contributed by atoms with van der Waals surface area (Å²) in [5, 5.41) is 7.08. The minimum absolute atomic E-state index is 0.221. The zero-order valence-electron chi connectivity index (χ0n) is 14.5. The van der Waals surface area contributed by atoms with Gasteiger partial charge in [-0.3, -0.25) is 14.3 Å². The maximum atomic E-state index is 12.3. The van der Waals surface area contributed by atoms with Crippen LogP contribution in [0.5, 0.6) is 5.75 Å². The summed E-state index contributed by atoms with van der Waals surface area (Å²) in [7, 11) is 3.21. The maximum Gasteiger partial charge on any atom is 0.346 e. The van der Waals surface area contributed by atoms with Crippen molar-refractivity contribution in [1.82, 2.24) is 24.6 Å². The second-order valence-corrected chi connectivity index (χ2v) is 5.59. The lowest BCUT2D eigenvalue weighted by Crippen LogP contribution is -2.31. The normalized spacial score (nSPS) is 10.5. The van der Waals surface area contributed by atoms with Crippen molar-refractivity contribution in [3.63, 3.8) is 0 Å². The van der Waals surface area contributed by atoms with Crippen LogP contribution >= 0.6 is 0 Å². The molecule has 0 aliphatic heterocycles. The van der Waals surface area contributed by atoms with Crippen molar-refractivity contribution in [1.29, 1.82) is 0 Å². The SMILES string of the molecule is COc1ccc(C(=O)NCCn2nc(-c3ccccn3)n(C)c2=O)cc1. The zero-order chi connectivity index (χ0) is 18.5. The predicted octanol–water partition coefficient (Wildman–Crippen LogP) is 1.08. The van der Waals surface area contributed by atoms with Gasteiger partial charge in [0.15, 0.2) is 5.82 Å². The molecule has 0 aliphatic rings. The van der Waals surface area contributed by atoms with E-state index in [4.69, 9.17) is 4.74 Å². The molecule has 1 aromatic carbocycles. The molecule has 0 atom stereocenters. The van der Waals surface area contributed by atoms with Gasteiger partial charge in [-0.05, 0) is 36.4 Å². The van der Waals surface area contributed by atoms with Crippen LogP contribution < -0.4 is 15.7 Å². The van der Waals surface area contributed by atoms with E-state index in [0.29, 0.717) is 22.8 Å². The summed E-state index contributed by atoms with van der Waals surface area (Å²) >= 11 is 0. The number of amides is 1. The number of hydrogen-bond donors (Lipinski definition) is 1. The number of carbonyl (C=O) groups excluding carboxylic acids is 1. The van der Waals surface area contributed by atoms with Gasteiger partial charge < -0.3 is 10.1 Å². The minimum Gasteiger partial charge on any atom is -0.497 e. The largest absolute Gasteiger partial charge is 0.497 e. The number of pyridine rings is 1. The molecule has 0 bridgehead atoms. The highest BCUT2D eigenvalue weighted by Gasteiger charge is 2.13. The van der Waals surface area contributed by atoms with Crippen molar-refractivity contribution >= 4 is 5.91 Å². The molecule has 3 rings (SSSR count). The van der Waals surface area contributed by atoms with Crippen LogP contribution in [0.1, 0.15) is 10.4 Å². The highest BCUT2D eigenvalue weighted by atomic mass is 16.5. The quantitative estimate of drug-likeness (QED) is 0.716. The number of benzene rings is 1. The number of nitrogens with zero attached hydrogens (tertiary/aromatic N) is 4. The van der Waals surface area contributed by atoms with Crippen LogP contribution in [0.15, 0.2) is 53.5 Å². The molecule has 8 nitrogen and oxygen atoms in total. The summed E-state index contributed by atoms with van der Waals surface area (Å²) < 4.78 is 7.82. The number of ether oxygens (including phenoxy) is 1. The summed E-state index contributed by atoms with van der Waals surface area (Å²) in [6, 6.07) is 12.2. The second kappa shape index (κ2) is 7.64. The van der Waals surface area contributed by atoms with E-state index in [9.17, 15) is 9.59 Å². The van der Waals surface area contributed by atoms with Gasteiger partial charge in [-0.1, -0.05) is 6.07 Å². The van der Waals surface area contributed by atoms with Gasteiger partial charge in [-0.25, -0.2) is 9.48 Å². The van der Waals surface area contributed by atoms with Crippen LogP contribution in [0.3, 0.4) is 0 Å². The number of hydrogen-bond acceptors (Lipinski definition) is 5. The first-order valence-electron chi connectivity index (χ1n) is 8.07. The molecule has 2 aromatic heterocycles. The number of nitrogens with one attached hydrogen (secondary N) is 1. The smallest absolute Gasteiger partial charge is 0.346 e. The third-order valence-electron chi connectivity index (χ3n) is 3.90. The van der Waals surface area contributed by atoms with Crippen molar-refractivity contribution in [3.8, 4) is 17.3 Å². The first-order chi connectivity index (χ1) is 12.6. The summed E-state index contributed by atoms with van der Waals surface area (Å²) in [6.45, 7) is 0.546. The van der Waals surface area contributed by atoms with E-state index < -0.39 is 0 Å². The van der Waals surface area contributed by atoms with Crippen LogP contribution in [0, 0.1) is 0 Å². The molecule has 0 spiro atoms. The average molecular weight is 353 g/mol. The van der Waals surface area contributed by atoms with E-state index in [1.54, 1.807) is 56.8 Å². The van der Waals surface area contributed by atoms with Crippen molar-refractivity contribution < 1.29 is 9.53 Å². The third-order valence-corrected chi connectivity index (χ3v) is 3.90. The summed E-state index contributed by atoms with van der Waals surface area (Å²) in [4.78, 5) is 28.6. The van der Waals surface area contributed by atoms with E-state index in [-0.39, 0.29) is 24.7 Å². The molecular weight excluding hydrogens is 334 g/mol. The Bertz CT molecular complexity index is 945. The Morgan fingerprint density at radius 1 is 1.19 bits per heavy atom. The van der Waals surface area contributed by atoms with Crippen molar-refractivity contribution in [2.45, 2.75) is 6.54 Å². The second-order valence-electron chi connectivity index (χ2n) is 5.59. The molecule has 2 heterocycles. The number of aromatic nitrogens is 4. The summed E-state index contributed by atoms with van der Waals surface area (Å²) in [5.41, 5.74) is 0.880. The highest BCUT2D eigenvalue weighted by molar-refractivity contribution is 5.94. The van der Waals surface area contributed by atoms with Crippen LogP contribution in [-0.2, 0) is 13.6 Å². The van der Waals surface area contributed by atoms with Crippen molar-refractivity contribution in [2.24, 2.45) is 7.05 Å². The monoisotopic (exact) mass is 353 g/mol. The molecule has 1 amide bonds. The third kappa shape index (κ3) is 3.64. The number of methoxy groups -OCH3 is 1. The number of carbonyl (C=O) groups is 1. The molecule has 1 N–H and O–H groups in total. The van der Waals surface area contributed by atoms with E-state index in [1.165, 1.54) is 9.25 Å². The zero-order valence-corrected chi connectivity index (χ0v) is 14.5. The Balaban J connectivity index is 1.65. The maximum absolute atomic E-state index is 12.3. The predicted molar refractivity (Wildman–Crippen MR) is 96.0 cm³/mol. The van der Waals surface area contributed by atoms with Gasteiger partial charge in [0, 0.05) is 25.4 Å². The highest BCUT2D eigenvalue weighted by Crippen LogP contribution is 2.11. The molecule has 0 saturated carbocycles. The van der Waals surface area contributed by atoms with Gasteiger partial charge >= 0.3 is 5.69 Å². The van der Waals surface area contributed by atoms with Crippen LogP contribution in [0.2, 0.25) is 0 Å². The molecule has 0 saturated heterocycles. The fourth-order valence-corrected chi connectivity index (χ4v) is 2.47. The van der Waals surface area contributed by atoms with E-state index in [2.05, 4.69) is 15.4 Å². The summed E-state index contributed by atoms with van der Waals surface area (Å²) in [5.74, 6) is 0.947. The topological polar surface area (TPSA) is 91.0 Å². The van der Waals surface area contributed by atoms with Gasteiger partial charge in [-0.15, -0.1) is 5.10 Å². The standard InChI is InChI=1S/C18H19N5O3/c1-22-16(15-5-3-4-10-19-15)21-23(18(22)25)12-11-20-17(24)13-6-8-14(26-2)9-7-13/h3-10H,11-12H2,1-2H3,(H,20,24). The van der Waals surface area contributed by atoms with E-state index >= 15 is 0 Å². The molecule has 26 heavy (non-hydrogen) atoms. The lowest BCUT2D eigenvalue weighted by atomic mass is 10.2. The van der Waals surface area contributed by atoms with Crippen molar-refractivity contribution in [2.75, 3.05) is 13.7 Å². The molecule has 0 unspecified atom stereocenters. The molecule has 8 heteroatoms. The van der Waals surface area contributed by atoms with Crippen molar-refractivity contribution in [3.05, 3.63) is 64.7 Å². The average Bonchev–Trinajstić information content (AvgIpc) is 2.97. The molecular formula is C18H19N5O3. The molecule has 0 radical (unpaired) electrons. The summed E-state index contributed by atoms with van der Waals surface area (Å²) in [6.07, 6.45) is 1.65. The molecule has 0 aliphatic carbocycles. The van der Waals surface area contributed by atoms with Crippen LogP contribution in [0.4, 0.5) is 0 Å². The molecule has 3 aromatic rings. The van der Waals surface area contributed by atoms with Gasteiger partial charge in [0.2, 0.25) is 0 Å². The fourth-order valence-electron chi connectivity index (χ4n) is 2.47. The Hall–Kier alpha value is -3.42. The van der Waals surface area contributed by atoms with E-state index in [1.807, 2.05) is 6.07 Å². The van der Waals surface area contributed by atoms with Crippen LogP contribution in [-0.4, -0.2) is 38.9 Å². The molecule has 134 valence electrons. The Kier molecular flexibility index (Phi) is 5.12. The van der Waals surface area contributed by atoms with Gasteiger partial charge in [0.25, 0.3) is 5.91 Å². The first kappa shape index (κ1) is 17.4. The van der Waals surface area contributed by atoms with Gasteiger partial charge in [-0.2, -0.15) is 0 Å². The Labute approximate surface area is 150 Å². The van der Waals surface area contributed by atoms with Crippen LogP contribution in [0.25, 0.3) is 11.5 Å². The Morgan fingerprint density at radius 2 is 1.96 bits per heavy atom. The lowest BCUT2D eigenvalue weighted by Gasteiger charge is -2.05. The Morgan fingerprint density at radius 3 is 2.62 bits per heavy atom.